The molecular weight excluding hydrogens is 904 g/mol. The fraction of sp³-hybridized carbons (Fsp3) is 0.845. The molecular formula is C58H107O11P. The number of esters is 3. The molecule has 0 saturated heterocycles. The minimum absolute atomic E-state index is 0.145. The van der Waals surface area contributed by atoms with Crippen LogP contribution in [0.1, 0.15) is 278 Å². The van der Waals surface area contributed by atoms with Crippen LogP contribution in [-0.2, 0) is 42.2 Å². The van der Waals surface area contributed by atoms with Gasteiger partial charge >= 0.3 is 25.7 Å². The normalized spacial score (nSPS) is 13.6. The number of aliphatic hydroxyl groups is 1. The number of phosphoric acid groups is 1. The molecule has 0 saturated carbocycles. The van der Waals surface area contributed by atoms with E-state index in [2.05, 4.69) is 57.2 Å². The summed E-state index contributed by atoms with van der Waals surface area (Å²) in [4.78, 5) is 48.5. The van der Waals surface area contributed by atoms with Crippen molar-refractivity contribution in [3.8, 4) is 0 Å². The number of carbonyl (C=O) groups excluding carboxylic acids is 3. The zero-order chi connectivity index (χ0) is 51.3. The molecule has 0 amide bonds. The Morgan fingerprint density at radius 2 is 0.743 bits per heavy atom. The zero-order valence-electron chi connectivity index (χ0n) is 45.2. The maximum Gasteiger partial charge on any atom is 0.472 e. The monoisotopic (exact) mass is 1010 g/mol. The van der Waals surface area contributed by atoms with Gasteiger partial charge in [-0.2, -0.15) is 0 Å². The van der Waals surface area contributed by atoms with Crippen LogP contribution in [0.3, 0.4) is 0 Å². The minimum atomic E-state index is -4.75. The summed E-state index contributed by atoms with van der Waals surface area (Å²) in [6, 6.07) is 0. The second-order valence-corrected chi connectivity index (χ2v) is 20.9. The van der Waals surface area contributed by atoms with Gasteiger partial charge in [0.15, 0.2) is 6.10 Å². The van der Waals surface area contributed by atoms with Crippen molar-refractivity contribution in [2.24, 2.45) is 0 Å². The number of rotatable bonds is 54. The number of hydrogen-bond donors (Lipinski definition) is 2. The summed E-state index contributed by atoms with van der Waals surface area (Å²) in [5.74, 6) is -1.47. The largest absolute Gasteiger partial charge is 0.472 e. The van der Waals surface area contributed by atoms with E-state index in [9.17, 15) is 28.9 Å². The third-order valence-electron chi connectivity index (χ3n) is 12.6. The molecule has 0 aliphatic rings. The molecule has 410 valence electrons. The Hall–Kier alpha value is -2.30. The van der Waals surface area contributed by atoms with E-state index in [-0.39, 0.29) is 25.9 Å². The second-order valence-electron chi connectivity index (χ2n) is 19.4. The Morgan fingerprint density at radius 3 is 1.14 bits per heavy atom. The van der Waals surface area contributed by atoms with Crippen LogP contribution >= 0.6 is 7.82 Å². The number of phosphoric ester groups is 1. The predicted molar refractivity (Wildman–Crippen MR) is 289 cm³/mol. The summed E-state index contributed by atoms with van der Waals surface area (Å²) < 4.78 is 39.5. The fourth-order valence-electron chi connectivity index (χ4n) is 8.20. The van der Waals surface area contributed by atoms with E-state index in [1.165, 1.54) is 141 Å². The SMILES string of the molecule is CC/C=C\C/C=C\C/C=C\CCCCCC(=O)OC(CO)COP(=O)(O)OCC(COC(=O)CCCCCCCCCCCCCCCCC)OC(=O)CCCCCCCCCCCCCCCCC. The van der Waals surface area contributed by atoms with Crippen molar-refractivity contribution in [3.05, 3.63) is 36.5 Å². The van der Waals surface area contributed by atoms with Gasteiger partial charge in [0.05, 0.1) is 19.8 Å². The van der Waals surface area contributed by atoms with Crippen molar-refractivity contribution in [2.45, 2.75) is 290 Å². The van der Waals surface area contributed by atoms with Crippen molar-refractivity contribution < 1.29 is 52.2 Å². The average molecular weight is 1010 g/mol. The van der Waals surface area contributed by atoms with Crippen LogP contribution < -0.4 is 0 Å². The molecule has 3 atom stereocenters. The van der Waals surface area contributed by atoms with E-state index in [4.69, 9.17) is 23.3 Å². The number of unbranched alkanes of at least 4 members (excludes halogenated alkanes) is 31. The number of hydrogen-bond acceptors (Lipinski definition) is 10. The smallest absolute Gasteiger partial charge is 0.462 e. The lowest BCUT2D eigenvalue weighted by Crippen LogP contribution is -2.30. The molecule has 0 aliphatic carbocycles. The third-order valence-corrected chi connectivity index (χ3v) is 13.5. The van der Waals surface area contributed by atoms with Crippen LogP contribution in [-0.4, -0.2) is 66.5 Å². The molecule has 3 unspecified atom stereocenters. The van der Waals surface area contributed by atoms with Gasteiger partial charge in [0, 0.05) is 19.3 Å². The molecule has 12 heteroatoms. The fourth-order valence-corrected chi connectivity index (χ4v) is 8.98. The lowest BCUT2D eigenvalue weighted by atomic mass is 10.0. The van der Waals surface area contributed by atoms with E-state index in [0.29, 0.717) is 19.3 Å². The first-order valence-corrected chi connectivity index (χ1v) is 30.4. The molecule has 0 aromatic heterocycles. The molecule has 0 aromatic carbocycles. The molecule has 2 N–H and O–H groups in total. The van der Waals surface area contributed by atoms with Crippen molar-refractivity contribution in [3.63, 3.8) is 0 Å². The number of ether oxygens (including phenoxy) is 3. The summed E-state index contributed by atoms with van der Waals surface area (Å²) in [7, 11) is -4.75. The molecule has 0 bridgehead atoms. The van der Waals surface area contributed by atoms with E-state index < -0.39 is 57.8 Å². The summed E-state index contributed by atoms with van der Waals surface area (Å²) in [6.07, 6.45) is 53.9. The van der Waals surface area contributed by atoms with Crippen LogP contribution in [0.25, 0.3) is 0 Å². The first-order valence-electron chi connectivity index (χ1n) is 28.9. The maximum absolute atomic E-state index is 12.9. The predicted octanol–water partition coefficient (Wildman–Crippen LogP) is 16.8. The Bertz CT molecular complexity index is 1320. The summed E-state index contributed by atoms with van der Waals surface area (Å²) >= 11 is 0. The highest BCUT2D eigenvalue weighted by molar-refractivity contribution is 7.47. The van der Waals surface area contributed by atoms with Crippen molar-refractivity contribution in [1.29, 1.82) is 0 Å². The van der Waals surface area contributed by atoms with Crippen LogP contribution in [0, 0.1) is 0 Å². The Balaban J connectivity index is 4.71. The quantitative estimate of drug-likeness (QED) is 0.0197. The second kappa shape index (κ2) is 53.0. The van der Waals surface area contributed by atoms with Gasteiger partial charge in [-0.05, 0) is 51.4 Å². The van der Waals surface area contributed by atoms with Gasteiger partial charge in [0.25, 0.3) is 0 Å². The van der Waals surface area contributed by atoms with Gasteiger partial charge in [-0.3, -0.25) is 23.4 Å². The summed E-state index contributed by atoms with van der Waals surface area (Å²) in [5, 5.41) is 9.79. The van der Waals surface area contributed by atoms with Gasteiger partial charge in [0.2, 0.25) is 0 Å². The number of carbonyl (C=O) groups is 3. The lowest BCUT2D eigenvalue weighted by Gasteiger charge is -2.21. The minimum Gasteiger partial charge on any atom is -0.462 e. The standard InChI is InChI=1S/C58H107O11P/c1-4-7-10-13-16-19-22-25-27-30-32-35-38-41-44-47-56(60)65-51-55(69-58(62)49-46-43-40-37-34-31-28-26-23-20-17-14-11-8-5-2)53-67-70(63,64)66-52-54(50-59)68-57(61)48-45-42-39-36-33-29-24-21-18-15-12-9-6-3/h9,12,18,21,29,33,54-55,59H,4-8,10-11,13-17,19-20,22-28,30-32,34-53H2,1-3H3,(H,63,64)/b12-9-,21-18-,33-29-. The molecule has 70 heavy (non-hydrogen) atoms. The zero-order valence-corrected chi connectivity index (χ0v) is 46.1. The van der Waals surface area contributed by atoms with Gasteiger partial charge in [-0.25, -0.2) is 4.57 Å². The van der Waals surface area contributed by atoms with Crippen LogP contribution in [0.4, 0.5) is 0 Å². The molecule has 0 spiro atoms. The molecule has 0 fully saturated rings. The Morgan fingerprint density at radius 1 is 0.414 bits per heavy atom. The van der Waals surface area contributed by atoms with Gasteiger partial charge in [-0.15, -0.1) is 0 Å². The number of allylic oxidation sites excluding steroid dienone is 6. The van der Waals surface area contributed by atoms with Gasteiger partial charge in [0.1, 0.15) is 12.7 Å². The molecule has 0 aliphatic heterocycles. The first-order chi connectivity index (χ1) is 34.2. The third kappa shape index (κ3) is 50.6. The van der Waals surface area contributed by atoms with Gasteiger partial charge < -0.3 is 24.2 Å². The molecule has 0 aromatic rings. The van der Waals surface area contributed by atoms with E-state index in [0.717, 1.165) is 77.0 Å². The Kier molecular flexibility index (Phi) is 51.3. The molecule has 11 nitrogen and oxygen atoms in total. The summed E-state index contributed by atoms with van der Waals surface area (Å²) in [6.45, 7) is 4.54. The highest BCUT2D eigenvalue weighted by atomic mass is 31.2. The van der Waals surface area contributed by atoms with Crippen LogP contribution in [0.2, 0.25) is 0 Å². The van der Waals surface area contributed by atoms with Crippen LogP contribution in [0.5, 0.6) is 0 Å². The molecule has 0 heterocycles. The van der Waals surface area contributed by atoms with E-state index >= 15 is 0 Å². The summed E-state index contributed by atoms with van der Waals surface area (Å²) in [5.41, 5.74) is 0. The van der Waals surface area contributed by atoms with Crippen molar-refractivity contribution in [1.82, 2.24) is 0 Å². The molecule has 0 radical (unpaired) electrons. The van der Waals surface area contributed by atoms with Gasteiger partial charge in [-0.1, -0.05) is 243 Å². The lowest BCUT2D eigenvalue weighted by molar-refractivity contribution is -0.161. The highest BCUT2D eigenvalue weighted by Crippen LogP contribution is 2.43. The van der Waals surface area contributed by atoms with Crippen molar-refractivity contribution >= 4 is 25.7 Å². The van der Waals surface area contributed by atoms with E-state index in [1.807, 2.05) is 0 Å². The van der Waals surface area contributed by atoms with Crippen molar-refractivity contribution in [2.75, 3.05) is 26.4 Å². The number of aliphatic hydroxyl groups excluding tert-OH is 1. The van der Waals surface area contributed by atoms with E-state index in [1.54, 1.807) is 0 Å². The van der Waals surface area contributed by atoms with Crippen LogP contribution in [0.15, 0.2) is 36.5 Å². The topological polar surface area (TPSA) is 155 Å². The Labute approximate surface area is 429 Å². The maximum atomic E-state index is 12.9. The average Bonchev–Trinajstić information content (AvgIpc) is 3.35. The highest BCUT2D eigenvalue weighted by Gasteiger charge is 2.28. The molecule has 0 rings (SSSR count). The first kappa shape index (κ1) is 67.7.